The van der Waals surface area contributed by atoms with E-state index in [-0.39, 0.29) is 0 Å². The van der Waals surface area contributed by atoms with Gasteiger partial charge in [0.2, 0.25) is 0 Å². The van der Waals surface area contributed by atoms with Crippen LogP contribution < -0.4 is 0 Å². The number of hydrogen-bond acceptors (Lipinski definition) is 1. The summed E-state index contributed by atoms with van der Waals surface area (Å²) in [6, 6.07) is 0. The number of aliphatic hydroxyl groups is 1. The van der Waals surface area contributed by atoms with Gasteiger partial charge in [-0.3, -0.25) is 0 Å². The molecular formula is C7H4F9IO. The lowest BCUT2D eigenvalue weighted by atomic mass is 10.0. The SMILES string of the molecule is OCC(I)=CC(F)(F)C(F)(F)C(F)(F)C(F)(F)F. The zero-order chi connectivity index (χ0) is 15.0. The molecule has 0 saturated carbocycles. The molecule has 0 spiro atoms. The highest BCUT2D eigenvalue weighted by Crippen LogP contribution is 2.53. The quantitative estimate of drug-likeness (QED) is 0.561. The van der Waals surface area contributed by atoms with Crippen molar-refractivity contribution < 1.29 is 44.6 Å². The largest absolute Gasteiger partial charge is 0.460 e. The summed E-state index contributed by atoms with van der Waals surface area (Å²) in [5, 5.41) is 8.26. The zero-order valence-corrected chi connectivity index (χ0v) is 10.2. The molecule has 0 heterocycles. The summed E-state index contributed by atoms with van der Waals surface area (Å²) in [7, 11) is 0. The van der Waals surface area contributed by atoms with Crippen molar-refractivity contribution in [1.82, 2.24) is 0 Å². The topological polar surface area (TPSA) is 20.2 Å². The first kappa shape index (κ1) is 17.8. The van der Waals surface area contributed by atoms with Crippen molar-refractivity contribution >= 4 is 22.6 Å². The molecule has 108 valence electrons. The molecule has 0 aromatic rings. The molecule has 18 heavy (non-hydrogen) atoms. The van der Waals surface area contributed by atoms with Crippen LogP contribution in [0.3, 0.4) is 0 Å². The fourth-order valence-electron chi connectivity index (χ4n) is 0.720. The normalized spacial score (nSPS) is 16.1. The lowest BCUT2D eigenvalue weighted by Gasteiger charge is -2.32. The van der Waals surface area contributed by atoms with Crippen LogP contribution in [0.1, 0.15) is 0 Å². The molecule has 0 saturated heterocycles. The van der Waals surface area contributed by atoms with Crippen LogP contribution in [0.5, 0.6) is 0 Å². The molecule has 1 N–H and O–H groups in total. The van der Waals surface area contributed by atoms with Crippen molar-refractivity contribution in [2.75, 3.05) is 6.61 Å². The first-order valence-electron chi connectivity index (χ1n) is 3.89. The van der Waals surface area contributed by atoms with Crippen LogP contribution >= 0.6 is 22.6 Å². The number of halogens is 10. The molecule has 0 radical (unpaired) electrons. The molecule has 1 nitrogen and oxygen atoms in total. The van der Waals surface area contributed by atoms with Gasteiger partial charge in [0.25, 0.3) is 0 Å². The van der Waals surface area contributed by atoms with Crippen LogP contribution in [-0.4, -0.2) is 35.7 Å². The van der Waals surface area contributed by atoms with E-state index >= 15 is 0 Å². The first-order valence-corrected chi connectivity index (χ1v) is 4.97. The van der Waals surface area contributed by atoms with Crippen LogP contribution in [0.15, 0.2) is 9.66 Å². The van der Waals surface area contributed by atoms with E-state index in [0.717, 1.165) is 22.6 Å². The fourth-order valence-corrected chi connectivity index (χ4v) is 1.11. The molecule has 0 amide bonds. The lowest BCUT2D eigenvalue weighted by molar-refractivity contribution is -0.388. The van der Waals surface area contributed by atoms with Gasteiger partial charge in [-0.25, -0.2) is 0 Å². The van der Waals surface area contributed by atoms with E-state index in [1.165, 1.54) is 0 Å². The van der Waals surface area contributed by atoms with Crippen molar-refractivity contribution in [2.24, 2.45) is 0 Å². The minimum absolute atomic E-state index is 0.840. The van der Waals surface area contributed by atoms with Crippen LogP contribution in [-0.2, 0) is 0 Å². The van der Waals surface area contributed by atoms with Gasteiger partial charge in [0, 0.05) is 9.66 Å². The average Bonchev–Trinajstić information content (AvgIpc) is 2.14. The Hall–Kier alpha value is -0.200. The standard InChI is InChI=1S/C7H4F9IO/c8-4(9,1-3(17)2-18)5(10,11)6(12,13)7(14,15)16/h1,18H,2H2. The third kappa shape index (κ3) is 3.03. The Morgan fingerprint density at radius 2 is 1.28 bits per heavy atom. The van der Waals surface area contributed by atoms with E-state index in [2.05, 4.69) is 0 Å². The number of allylic oxidation sites excluding steroid dienone is 1. The number of alkyl halides is 9. The van der Waals surface area contributed by atoms with Gasteiger partial charge in [0.05, 0.1) is 6.61 Å². The summed E-state index contributed by atoms with van der Waals surface area (Å²) >= 11 is 0.891. The predicted octanol–water partition coefficient (Wildman–Crippen LogP) is 3.77. The minimum Gasteiger partial charge on any atom is -0.391 e. The van der Waals surface area contributed by atoms with Crippen molar-refractivity contribution in [2.45, 2.75) is 23.9 Å². The number of hydrogen-bond donors (Lipinski definition) is 1. The van der Waals surface area contributed by atoms with E-state index in [1.54, 1.807) is 0 Å². The summed E-state index contributed by atoms with van der Waals surface area (Å²) in [6.07, 6.45) is -7.67. The molecule has 0 atom stereocenters. The van der Waals surface area contributed by atoms with E-state index < -0.39 is 40.2 Å². The predicted molar refractivity (Wildman–Crippen MR) is 50.1 cm³/mol. The molecule has 0 bridgehead atoms. The van der Waals surface area contributed by atoms with Gasteiger partial charge in [-0.05, 0) is 22.6 Å². The lowest BCUT2D eigenvalue weighted by Crippen LogP contribution is -2.60. The highest BCUT2D eigenvalue weighted by atomic mass is 127. The molecule has 0 aromatic carbocycles. The number of rotatable bonds is 4. The highest BCUT2D eigenvalue weighted by Gasteiger charge is 2.81. The Balaban J connectivity index is 5.64. The second-order valence-electron chi connectivity index (χ2n) is 3.02. The van der Waals surface area contributed by atoms with E-state index in [9.17, 15) is 39.5 Å². The molecular weight excluding hydrogens is 398 g/mol. The Morgan fingerprint density at radius 3 is 1.56 bits per heavy atom. The Labute approximate surface area is 108 Å². The summed E-state index contributed by atoms with van der Waals surface area (Å²) in [5.74, 6) is -19.4. The average molecular weight is 402 g/mol. The molecule has 11 heteroatoms. The Morgan fingerprint density at radius 1 is 0.889 bits per heavy atom. The minimum atomic E-state index is -6.91. The van der Waals surface area contributed by atoms with Gasteiger partial charge in [-0.1, -0.05) is 0 Å². The van der Waals surface area contributed by atoms with Gasteiger partial charge in [-0.15, -0.1) is 0 Å². The van der Waals surface area contributed by atoms with E-state index in [1.807, 2.05) is 0 Å². The van der Waals surface area contributed by atoms with E-state index in [0.29, 0.717) is 0 Å². The first-order chi connectivity index (χ1) is 7.70. The van der Waals surface area contributed by atoms with Gasteiger partial charge in [-0.2, -0.15) is 39.5 Å². The smallest absolute Gasteiger partial charge is 0.391 e. The molecule has 0 aliphatic carbocycles. The molecule has 0 aliphatic rings. The molecule has 0 rings (SSSR count). The van der Waals surface area contributed by atoms with Gasteiger partial charge in [0.1, 0.15) is 0 Å². The molecule has 0 aromatic heterocycles. The van der Waals surface area contributed by atoms with Crippen molar-refractivity contribution in [3.8, 4) is 0 Å². The maximum atomic E-state index is 12.7. The van der Waals surface area contributed by atoms with Crippen molar-refractivity contribution in [3.63, 3.8) is 0 Å². The molecule has 0 aliphatic heterocycles. The van der Waals surface area contributed by atoms with Crippen LogP contribution in [0.2, 0.25) is 0 Å². The monoisotopic (exact) mass is 402 g/mol. The Kier molecular flexibility index (Phi) is 5.00. The molecule has 0 unspecified atom stereocenters. The highest BCUT2D eigenvalue weighted by molar-refractivity contribution is 14.1. The summed E-state index contributed by atoms with van der Waals surface area (Å²) in [6.45, 7) is -1.20. The summed E-state index contributed by atoms with van der Waals surface area (Å²) < 4.78 is 109. The second-order valence-corrected chi connectivity index (χ2v) is 4.40. The zero-order valence-electron chi connectivity index (χ0n) is 8.01. The third-order valence-electron chi connectivity index (χ3n) is 1.66. The Bertz CT molecular complexity index is 332. The van der Waals surface area contributed by atoms with Gasteiger partial charge >= 0.3 is 23.9 Å². The summed E-state index contributed by atoms with van der Waals surface area (Å²) in [4.78, 5) is 0. The summed E-state index contributed by atoms with van der Waals surface area (Å²) in [5.41, 5.74) is 0. The van der Waals surface area contributed by atoms with Gasteiger partial charge in [0.15, 0.2) is 0 Å². The molecule has 0 fully saturated rings. The maximum absolute atomic E-state index is 12.7. The fraction of sp³-hybridized carbons (Fsp3) is 0.714. The van der Waals surface area contributed by atoms with Gasteiger partial charge < -0.3 is 5.11 Å². The van der Waals surface area contributed by atoms with Crippen LogP contribution in [0, 0.1) is 0 Å². The van der Waals surface area contributed by atoms with Crippen molar-refractivity contribution in [3.05, 3.63) is 9.66 Å². The van der Waals surface area contributed by atoms with Crippen LogP contribution in [0.4, 0.5) is 39.5 Å². The second kappa shape index (κ2) is 5.06. The maximum Gasteiger partial charge on any atom is 0.460 e. The van der Waals surface area contributed by atoms with Crippen molar-refractivity contribution in [1.29, 1.82) is 0 Å². The van der Waals surface area contributed by atoms with E-state index in [4.69, 9.17) is 5.11 Å². The third-order valence-corrected chi connectivity index (χ3v) is 2.31. The number of aliphatic hydroxyl groups excluding tert-OH is 1. The van der Waals surface area contributed by atoms with Crippen LogP contribution in [0.25, 0.3) is 0 Å².